The molecule has 1 saturated carbocycles. The summed E-state index contributed by atoms with van der Waals surface area (Å²) in [7, 11) is 0. The predicted molar refractivity (Wildman–Crippen MR) is 52.1 cm³/mol. The molecule has 0 radical (unpaired) electrons. The normalized spacial score (nSPS) is 41.0. The largest absolute Gasteiger partial charge is 0.0878 e. The Labute approximate surface area is 75.5 Å². The van der Waals surface area contributed by atoms with E-state index >= 15 is 0 Å². The molecule has 2 rings (SSSR count). The van der Waals surface area contributed by atoms with Gasteiger partial charge >= 0.3 is 0 Å². The zero-order valence-electron chi connectivity index (χ0n) is 6.10. The van der Waals surface area contributed by atoms with Crippen molar-refractivity contribution < 1.29 is 0 Å². The van der Waals surface area contributed by atoms with E-state index in [0.29, 0.717) is 0 Å². The van der Waals surface area contributed by atoms with E-state index < -0.39 is 0 Å². The second kappa shape index (κ2) is 2.36. The van der Waals surface area contributed by atoms with Crippen LogP contribution in [0.25, 0.3) is 0 Å². The molecule has 0 aliphatic heterocycles. The van der Waals surface area contributed by atoms with Crippen LogP contribution in [-0.4, -0.2) is 0 Å². The summed E-state index contributed by atoms with van der Waals surface area (Å²) in [5.74, 6) is 1.72. The maximum atomic E-state index is 2.48. The molecule has 2 atom stereocenters. The van der Waals surface area contributed by atoms with Crippen molar-refractivity contribution in [2.45, 2.75) is 19.8 Å². The maximum absolute atomic E-state index is 2.48. The second-order valence-electron chi connectivity index (χ2n) is 3.16. The van der Waals surface area contributed by atoms with Crippen molar-refractivity contribution in [2.24, 2.45) is 11.8 Å². The standard InChI is InChI=1S/C9H11I/c1-2-6-3-8-4-7(6)5-9(8)10/h2,5,7-8H,3-4H2,1H3. The van der Waals surface area contributed by atoms with Crippen molar-refractivity contribution in [2.75, 3.05) is 0 Å². The van der Waals surface area contributed by atoms with Gasteiger partial charge in [-0.3, -0.25) is 0 Å². The summed E-state index contributed by atoms with van der Waals surface area (Å²) in [6, 6.07) is 0. The van der Waals surface area contributed by atoms with Crippen LogP contribution in [0.5, 0.6) is 0 Å². The van der Waals surface area contributed by atoms with Crippen molar-refractivity contribution in [3.8, 4) is 0 Å². The molecule has 2 aliphatic carbocycles. The summed E-state index contributed by atoms with van der Waals surface area (Å²) < 4.78 is 1.60. The molecule has 0 N–H and O–H groups in total. The first-order valence-electron chi connectivity index (χ1n) is 3.83. The molecular formula is C9H11I. The topological polar surface area (TPSA) is 0 Å². The van der Waals surface area contributed by atoms with E-state index in [1.54, 1.807) is 9.15 Å². The smallest absolute Gasteiger partial charge is 0.000670 e. The van der Waals surface area contributed by atoms with Gasteiger partial charge in [-0.15, -0.1) is 0 Å². The molecule has 10 heavy (non-hydrogen) atoms. The lowest BCUT2D eigenvalue weighted by Gasteiger charge is -2.09. The van der Waals surface area contributed by atoms with E-state index in [1.807, 2.05) is 0 Å². The second-order valence-corrected chi connectivity index (χ2v) is 4.40. The van der Waals surface area contributed by atoms with Gasteiger partial charge in [-0.1, -0.05) is 17.7 Å². The summed E-state index contributed by atoms with van der Waals surface area (Å²) in [6.45, 7) is 2.16. The third-order valence-corrected chi connectivity index (χ3v) is 3.86. The van der Waals surface area contributed by atoms with Gasteiger partial charge < -0.3 is 0 Å². The van der Waals surface area contributed by atoms with Crippen molar-refractivity contribution in [1.29, 1.82) is 0 Å². The summed E-state index contributed by atoms with van der Waals surface area (Å²) in [5, 5.41) is 0. The molecule has 0 spiro atoms. The lowest BCUT2D eigenvalue weighted by atomic mass is 10.0. The molecule has 0 heterocycles. The van der Waals surface area contributed by atoms with Gasteiger partial charge in [0.1, 0.15) is 0 Å². The van der Waals surface area contributed by atoms with Gasteiger partial charge in [-0.25, -0.2) is 0 Å². The Hall–Kier alpha value is 0.210. The summed E-state index contributed by atoms with van der Waals surface area (Å²) in [5.41, 5.74) is 1.67. The van der Waals surface area contributed by atoms with Crippen LogP contribution in [0.4, 0.5) is 0 Å². The fourth-order valence-electron chi connectivity index (χ4n) is 2.02. The van der Waals surface area contributed by atoms with Crippen LogP contribution in [0.1, 0.15) is 19.8 Å². The Morgan fingerprint density at radius 3 is 2.90 bits per heavy atom. The Kier molecular flexibility index (Phi) is 1.63. The van der Waals surface area contributed by atoms with Crippen molar-refractivity contribution in [3.05, 3.63) is 21.3 Å². The lowest BCUT2D eigenvalue weighted by molar-refractivity contribution is 0.690. The molecule has 0 aromatic heterocycles. The van der Waals surface area contributed by atoms with Gasteiger partial charge in [0, 0.05) is 0 Å². The highest BCUT2D eigenvalue weighted by Gasteiger charge is 2.34. The van der Waals surface area contributed by atoms with Gasteiger partial charge in [-0.05, 0) is 57.8 Å². The van der Waals surface area contributed by atoms with E-state index in [-0.39, 0.29) is 0 Å². The van der Waals surface area contributed by atoms with Crippen LogP contribution in [0.2, 0.25) is 0 Å². The Bertz CT molecular complexity index is 213. The molecule has 2 unspecified atom stereocenters. The predicted octanol–water partition coefficient (Wildman–Crippen LogP) is 3.29. The van der Waals surface area contributed by atoms with Crippen molar-refractivity contribution in [1.82, 2.24) is 0 Å². The van der Waals surface area contributed by atoms with E-state index in [2.05, 4.69) is 41.7 Å². The van der Waals surface area contributed by atoms with Gasteiger partial charge in [0.2, 0.25) is 0 Å². The first-order valence-corrected chi connectivity index (χ1v) is 4.91. The summed E-state index contributed by atoms with van der Waals surface area (Å²) >= 11 is 2.48. The average molecular weight is 246 g/mol. The molecule has 0 aromatic carbocycles. The van der Waals surface area contributed by atoms with E-state index in [1.165, 1.54) is 12.8 Å². The van der Waals surface area contributed by atoms with E-state index in [0.717, 1.165) is 11.8 Å². The van der Waals surface area contributed by atoms with Gasteiger partial charge in [0.15, 0.2) is 0 Å². The molecule has 2 aliphatic rings. The third kappa shape index (κ3) is 0.865. The fraction of sp³-hybridized carbons (Fsp3) is 0.556. The number of fused-ring (bicyclic) bond motifs is 2. The highest BCUT2D eigenvalue weighted by Crippen LogP contribution is 2.49. The van der Waals surface area contributed by atoms with Crippen LogP contribution in [-0.2, 0) is 0 Å². The van der Waals surface area contributed by atoms with Crippen LogP contribution in [0.15, 0.2) is 21.3 Å². The SMILES string of the molecule is CC=C1CC2CC1C=C2I. The van der Waals surface area contributed by atoms with Gasteiger partial charge in [-0.2, -0.15) is 0 Å². The number of rotatable bonds is 0. The number of hydrogen-bond acceptors (Lipinski definition) is 0. The molecule has 0 nitrogen and oxygen atoms in total. The quantitative estimate of drug-likeness (QED) is 0.454. The molecule has 0 amide bonds. The molecule has 1 heteroatoms. The Morgan fingerprint density at radius 1 is 1.70 bits per heavy atom. The Balaban J connectivity index is 2.30. The van der Waals surface area contributed by atoms with E-state index in [4.69, 9.17) is 0 Å². The molecular weight excluding hydrogens is 235 g/mol. The number of allylic oxidation sites excluding steroid dienone is 4. The number of halogens is 1. The minimum Gasteiger partial charge on any atom is -0.0878 e. The first kappa shape index (κ1) is 6.89. The van der Waals surface area contributed by atoms with Gasteiger partial charge in [0.05, 0.1) is 0 Å². The molecule has 1 fully saturated rings. The fourth-order valence-corrected chi connectivity index (χ4v) is 2.93. The molecule has 2 bridgehead atoms. The van der Waals surface area contributed by atoms with E-state index in [9.17, 15) is 0 Å². The third-order valence-electron chi connectivity index (χ3n) is 2.62. The van der Waals surface area contributed by atoms with Crippen LogP contribution in [0, 0.1) is 11.8 Å². The highest BCUT2D eigenvalue weighted by atomic mass is 127. The van der Waals surface area contributed by atoms with Crippen molar-refractivity contribution in [3.63, 3.8) is 0 Å². The van der Waals surface area contributed by atoms with Crippen LogP contribution in [0.3, 0.4) is 0 Å². The maximum Gasteiger partial charge on any atom is -0.000670 e. The minimum atomic E-state index is 0.821. The minimum absolute atomic E-state index is 0.821. The van der Waals surface area contributed by atoms with Crippen LogP contribution < -0.4 is 0 Å². The highest BCUT2D eigenvalue weighted by molar-refractivity contribution is 14.1. The monoisotopic (exact) mass is 246 g/mol. The Morgan fingerprint density at radius 2 is 2.50 bits per heavy atom. The summed E-state index contributed by atoms with van der Waals surface area (Å²) in [6.07, 6.45) is 7.47. The van der Waals surface area contributed by atoms with Gasteiger partial charge in [0.25, 0.3) is 0 Å². The zero-order chi connectivity index (χ0) is 7.14. The average Bonchev–Trinajstić information content (AvgIpc) is 2.44. The number of hydrogen-bond donors (Lipinski definition) is 0. The van der Waals surface area contributed by atoms with Crippen LogP contribution >= 0.6 is 22.6 Å². The van der Waals surface area contributed by atoms with Crippen molar-refractivity contribution >= 4 is 22.6 Å². The zero-order valence-corrected chi connectivity index (χ0v) is 8.26. The summed E-state index contributed by atoms with van der Waals surface area (Å²) in [4.78, 5) is 0. The molecule has 54 valence electrons. The molecule has 0 saturated heterocycles. The first-order chi connectivity index (χ1) is 4.81. The lowest BCUT2D eigenvalue weighted by Crippen LogP contribution is -1.93. The molecule has 0 aromatic rings.